The van der Waals surface area contributed by atoms with Crippen molar-refractivity contribution in [3.05, 3.63) is 29.8 Å². The zero-order valence-corrected chi connectivity index (χ0v) is 8.03. The minimum absolute atomic E-state index is 0.350. The summed E-state index contributed by atoms with van der Waals surface area (Å²) in [5.41, 5.74) is 7.09. The van der Waals surface area contributed by atoms with Gasteiger partial charge in [0.25, 0.3) is 0 Å². The van der Waals surface area contributed by atoms with Crippen LogP contribution in [-0.2, 0) is 4.79 Å². The van der Waals surface area contributed by atoms with E-state index in [1.54, 1.807) is 6.07 Å². The average molecular weight is 194 g/mol. The van der Waals surface area contributed by atoms with Gasteiger partial charge in [0.2, 0.25) is 5.91 Å². The molecule has 0 radical (unpaired) electrons. The van der Waals surface area contributed by atoms with Crippen molar-refractivity contribution < 1.29 is 9.90 Å². The highest BCUT2D eigenvalue weighted by molar-refractivity contribution is 5.94. The molecule has 1 aromatic carbocycles. The predicted octanol–water partition coefficient (Wildman–Crippen LogP) is 0.253. The van der Waals surface area contributed by atoms with Crippen molar-refractivity contribution in [1.82, 2.24) is 0 Å². The number of hydrogen-bond donors (Lipinski definition) is 3. The molecule has 0 fully saturated rings. The molecule has 4 nitrogen and oxygen atoms in total. The number of anilines is 1. The molecule has 0 bridgehead atoms. The Labute approximate surface area is 82.7 Å². The largest absolute Gasteiger partial charge is 0.394 e. The third-order valence-corrected chi connectivity index (χ3v) is 1.82. The third kappa shape index (κ3) is 2.83. The number of rotatable bonds is 3. The summed E-state index contributed by atoms with van der Waals surface area (Å²) >= 11 is 0. The second kappa shape index (κ2) is 4.74. The summed E-state index contributed by atoms with van der Waals surface area (Å²) in [6, 6.07) is 6.52. The van der Waals surface area contributed by atoms with Crippen molar-refractivity contribution in [3.63, 3.8) is 0 Å². The molecule has 4 heteroatoms. The first-order valence-electron chi connectivity index (χ1n) is 4.37. The molecule has 0 spiro atoms. The summed E-state index contributed by atoms with van der Waals surface area (Å²) in [5.74, 6) is -0.377. The number of amides is 1. The van der Waals surface area contributed by atoms with Gasteiger partial charge in [0.05, 0.1) is 6.61 Å². The Morgan fingerprint density at radius 3 is 2.93 bits per heavy atom. The van der Waals surface area contributed by atoms with Crippen LogP contribution in [0.15, 0.2) is 24.3 Å². The first-order chi connectivity index (χ1) is 6.63. The zero-order valence-electron chi connectivity index (χ0n) is 8.03. The minimum Gasteiger partial charge on any atom is -0.394 e. The number of carbonyl (C=O) groups is 1. The zero-order chi connectivity index (χ0) is 10.6. The molecule has 76 valence electrons. The Hall–Kier alpha value is -1.39. The molecular formula is C10H14N2O2. The van der Waals surface area contributed by atoms with Gasteiger partial charge in [0.1, 0.15) is 6.04 Å². The standard InChI is InChI=1S/C10H14N2O2/c1-7-3-2-4-8(5-7)12-10(14)9(11)6-13/h2-5,9,13H,6,11H2,1H3,(H,12,14). The van der Waals surface area contributed by atoms with Crippen LogP contribution < -0.4 is 11.1 Å². The number of benzene rings is 1. The van der Waals surface area contributed by atoms with Gasteiger partial charge < -0.3 is 16.2 Å². The topological polar surface area (TPSA) is 75.4 Å². The molecule has 1 rings (SSSR count). The van der Waals surface area contributed by atoms with E-state index in [0.717, 1.165) is 5.56 Å². The smallest absolute Gasteiger partial charge is 0.243 e. The first kappa shape index (κ1) is 10.7. The summed E-state index contributed by atoms with van der Waals surface area (Å²) in [7, 11) is 0. The van der Waals surface area contributed by atoms with Crippen LogP contribution in [-0.4, -0.2) is 23.7 Å². The third-order valence-electron chi connectivity index (χ3n) is 1.82. The van der Waals surface area contributed by atoms with Crippen LogP contribution in [0.3, 0.4) is 0 Å². The summed E-state index contributed by atoms with van der Waals surface area (Å²) in [6.45, 7) is 1.58. The minimum atomic E-state index is -0.865. The Kier molecular flexibility index (Phi) is 3.62. The average Bonchev–Trinajstić information content (AvgIpc) is 2.16. The SMILES string of the molecule is Cc1cccc(NC(=O)C(N)CO)c1. The van der Waals surface area contributed by atoms with E-state index in [9.17, 15) is 4.79 Å². The summed E-state index contributed by atoms with van der Waals surface area (Å²) in [4.78, 5) is 11.3. The summed E-state index contributed by atoms with van der Waals surface area (Å²) in [5, 5.41) is 11.3. The number of aliphatic hydroxyl groups excluding tert-OH is 1. The van der Waals surface area contributed by atoms with Crippen molar-refractivity contribution in [1.29, 1.82) is 0 Å². The van der Waals surface area contributed by atoms with Gasteiger partial charge in [-0.05, 0) is 24.6 Å². The van der Waals surface area contributed by atoms with Crippen LogP contribution in [0.5, 0.6) is 0 Å². The van der Waals surface area contributed by atoms with Crippen LogP contribution in [0.4, 0.5) is 5.69 Å². The maximum absolute atomic E-state index is 11.3. The monoisotopic (exact) mass is 194 g/mol. The number of aryl methyl sites for hydroxylation is 1. The normalized spacial score (nSPS) is 12.2. The lowest BCUT2D eigenvalue weighted by Gasteiger charge is -2.09. The molecule has 4 N–H and O–H groups in total. The number of aliphatic hydroxyl groups is 1. The van der Waals surface area contributed by atoms with Gasteiger partial charge in [0.15, 0.2) is 0 Å². The van der Waals surface area contributed by atoms with E-state index >= 15 is 0 Å². The van der Waals surface area contributed by atoms with E-state index in [-0.39, 0.29) is 12.5 Å². The predicted molar refractivity (Wildman–Crippen MR) is 54.9 cm³/mol. The fraction of sp³-hybridized carbons (Fsp3) is 0.300. The fourth-order valence-electron chi connectivity index (χ4n) is 1.04. The molecule has 0 aliphatic carbocycles. The van der Waals surface area contributed by atoms with E-state index in [4.69, 9.17) is 10.8 Å². The molecule has 1 aromatic rings. The number of nitrogens with one attached hydrogen (secondary N) is 1. The highest BCUT2D eigenvalue weighted by Gasteiger charge is 2.11. The van der Waals surface area contributed by atoms with E-state index in [1.165, 1.54) is 0 Å². The summed E-state index contributed by atoms with van der Waals surface area (Å²) in [6.07, 6.45) is 0. The first-order valence-corrected chi connectivity index (χ1v) is 4.37. The van der Waals surface area contributed by atoms with Crippen molar-refractivity contribution >= 4 is 11.6 Å². The van der Waals surface area contributed by atoms with Crippen LogP contribution in [0.2, 0.25) is 0 Å². The molecular weight excluding hydrogens is 180 g/mol. The maximum atomic E-state index is 11.3. The molecule has 14 heavy (non-hydrogen) atoms. The van der Waals surface area contributed by atoms with Crippen molar-refractivity contribution in [2.75, 3.05) is 11.9 Å². The van der Waals surface area contributed by atoms with Gasteiger partial charge in [-0.25, -0.2) is 0 Å². The molecule has 1 atom stereocenters. The van der Waals surface area contributed by atoms with Gasteiger partial charge in [0, 0.05) is 5.69 Å². The second-order valence-electron chi connectivity index (χ2n) is 3.15. The Morgan fingerprint density at radius 2 is 2.36 bits per heavy atom. The molecule has 1 amide bonds. The number of hydrogen-bond acceptors (Lipinski definition) is 3. The lowest BCUT2D eigenvalue weighted by Crippen LogP contribution is -2.38. The van der Waals surface area contributed by atoms with E-state index < -0.39 is 6.04 Å². The highest BCUT2D eigenvalue weighted by atomic mass is 16.3. The van der Waals surface area contributed by atoms with Crippen LogP contribution in [0.1, 0.15) is 5.56 Å². The summed E-state index contributed by atoms with van der Waals surface area (Å²) < 4.78 is 0. The number of carbonyl (C=O) groups excluding carboxylic acids is 1. The molecule has 0 aromatic heterocycles. The van der Waals surface area contributed by atoms with Crippen molar-refractivity contribution in [2.24, 2.45) is 5.73 Å². The lowest BCUT2D eigenvalue weighted by molar-refractivity contribution is -0.118. The van der Waals surface area contributed by atoms with Gasteiger partial charge in [-0.1, -0.05) is 12.1 Å². The lowest BCUT2D eigenvalue weighted by atomic mass is 10.2. The van der Waals surface area contributed by atoms with Crippen LogP contribution >= 0.6 is 0 Å². The maximum Gasteiger partial charge on any atom is 0.243 e. The molecule has 0 heterocycles. The fourth-order valence-corrected chi connectivity index (χ4v) is 1.04. The Morgan fingerprint density at radius 1 is 1.64 bits per heavy atom. The molecule has 0 saturated heterocycles. The van der Waals surface area contributed by atoms with E-state index in [1.807, 2.05) is 25.1 Å². The highest BCUT2D eigenvalue weighted by Crippen LogP contribution is 2.09. The number of nitrogens with two attached hydrogens (primary N) is 1. The van der Waals surface area contributed by atoms with Crippen LogP contribution in [0.25, 0.3) is 0 Å². The van der Waals surface area contributed by atoms with Gasteiger partial charge in [-0.2, -0.15) is 0 Å². The molecule has 0 aliphatic rings. The molecule has 0 saturated carbocycles. The molecule has 1 unspecified atom stereocenters. The van der Waals surface area contributed by atoms with Crippen molar-refractivity contribution in [3.8, 4) is 0 Å². The second-order valence-corrected chi connectivity index (χ2v) is 3.15. The van der Waals surface area contributed by atoms with Gasteiger partial charge in [-0.3, -0.25) is 4.79 Å². The van der Waals surface area contributed by atoms with Gasteiger partial charge in [-0.15, -0.1) is 0 Å². The van der Waals surface area contributed by atoms with E-state index in [2.05, 4.69) is 5.32 Å². The Balaban J connectivity index is 2.65. The van der Waals surface area contributed by atoms with Crippen LogP contribution in [0, 0.1) is 6.92 Å². The van der Waals surface area contributed by atoms with Crippen molar-refractivity contribution in [2.45, 2.75) is 13.0 Å². The van der Waals surface area contributed by atoms with Gasteiger partial charge >= 0.3 is 0 Å². The van der Waals surface area contributed by atoms with E-state index in [0.29, 0.717) is 5.69 Å². The quantitative estimate of drug-likeness (QED) is 0.645. The Bertz CT molecular complexity index is 326. The molecule has 0 aliphatic heterocycles.